The molecule has 2 fully saturated rings. The van der Waals surface area contributed by atoms with E-state index in [1.54, 1.807) is 0 Å². The predicted octanol–water partition coefficient (Wildman–Crippen LogP) is 2.89. The van der Waals surface area contributed by atoms with Gasteiger partial charge in [-0.15, -0.1) is 0 Å². The zero-order chi connectivity index (χ0) is 15.4. The molecule has 0 radical (unpaired) electrons. The monoisotopic (exact) mass is 302 g/mol. The third-order valence-corrected chi connectivity index (χ3v) is 4.79. The van der Waals surface area contributed by atoms with Gasteiger partial charge in [0.15, 0.2) is 0 Å². The van der Waals surface area contributed by atoms with Crippen molar-refractivity contribution in [2.24, 2.45) is 5.92 Å². The average molecular weight is 302 g/mol. The summed E-state index contributed by atoms with van der Waals surface area (Å²) in [5.41, 5.74) is 2.46. The number of hydrogen-bond donors (Lipinski definition) is 1. The molecule has 4 nitrogen and oxygen atoms in total. The summed E-state index contributed by atoms with van der Waals surface area (Å²) >= 11 is 0. The van der Waals surface area contributed by atoms with Gasteiger partial charge in [0, 0.05) is 37.9 Å². The van der Waals surface area contributed by atoms with E-state index in [2.05, 4.69) is 41.4 Å². The van der Waals surface area contributed by atoms with E-state index >= 15 is 0 Å². The van der Waals surface area contributed by atoms with Crippen LogP contribution >= 0.6 is 0 Å². The molecular formula is C18H26N2O2. The topological polar surface area (TPSA) is 41.6 Å². The summed E-state index contributed by atoms with van der Waals surface area (Å²) in [5, 5.41) is 3.17. The number of carbonyl (C=O) groups is 1. The molecule has 0 bridgehead atoms. The first kappa shape index (κ1) is 15.3. The quantitative estimate of drug-likeness (QED) is 0.930. The van der Waals surface area contributed by atoms with E-state index in [0.29, 0.717) is 13.2 Å². The molecule has 0 aliphatic carbocycles. The maximum absolute atomic E-state index is 12.3. The first-order valence-electron chi connectivity index (χ1n) is 8.47. The number of benzene rings is 1. The molecule has 2 aliphatic rings. The van der Waals surface area contributed by atoms with E-state index < -0.39 is 0 Å². The van der Waals surface area contributed by atoms with Gasteiger partial charge in [0.25, 0.3) is 0 Å². The summed E-state index contributed by atoms with van der Waals surface area (Å²) in [6, 6.07) is 8.65. The Morgan fingerprint density at radius 3 is 2.73 bits per heavy atom. The molecule has 4 heteroatoms. The second-order valence-electron chi connectivity index (χ2n) is 6.41. The van der Waals surface area contributed by atoms with Gasteiger partial charge in [0.05, 0.1) is 6.04 Å². The minimum atomic E-state index is 0.0536. The summed E-state index contributed by atoms with van der Waals surface area (Å²) in [7, 11) is 0. The molecule has 0 spiro atoms. The molecule has 1 aromatic carbocycles. The lowest BCUT2D eigenvalue weighted by Crippen LogP contribution is -2.35. The molecule has 2 heterocycles. The molecule has 3 rings (SSSR count). The number of rotatable bonds is 4. The van der Waals surface area contributed by atoms with Crippen molar-refractivity contribution in [3.8, 4) is 0 Å². The van der Waals surface area contributed by atoms with E-state index in [0.717, 1.165) is 25.9 Å². The molecule has 120 valence electrons. The van der Waals surface area contributed by atoms with Crippen molar-refractivity contribution in [1.29, 1.82) is 0 Å². The highest BCUT2D eigenvalue weighted by Gasteiger charge is 2.23. The van der Waals surface area contributed by atoms with E-state index in [9.17, 15) is 4.79 Å². The first-order valence-corrected chi connectivity index (χ1v) is 8.47. The van der Waals surface area contributed by atoms with E-state index in [-0.39, 0.29) is 17.9 Å². The molecule has 0 aromatic heterocycles. The number of hydrogen-bond acceptors (Lipinski definition) is 3. The highest BCUT2D eigenvalue weighted by atomic mass is 16.5. The van der Waals surface area contributed by atoms with Crippen LogP contribution in [0.15, 0.2) is 24.3 Å². The van der Waals surface area contributed by atoms with Crippen LogP contribution in [0.1, 0.15) is 44.2 Å². The maximum atomic E-state index is 12.3. The summed E-state index contributed by atoms with van der Waals surface area (Å²) < 4.78 is 5.33. The number of nitrogens with zero attached hydrogens (tertiary/aromatic N) is 1. The van der Waals surface area contributed by atoms with Gasteiger partial charge in [0.1, 0.15) is 0 Å². The Bertz CT molecular complexity index is 506. The standard InChI is InChI=1S/C18H26N2O2/c1-14(19-18(21)15-7-11-22-12-8-15)16-5-4-6-17(13-16)20-9-2-3-10-20/h4-6,13-15H,2-3,7-12H2,1H3,(H,19,21). The van der Waals surface area contributed by atoms with E-state index in [1.807, 2.05) is 0 Å². The van der Waals surface area contributed by atoms with Gasteiger partial charge >= 0.3 is 0 Å². The van der Waals surface area contributed by atoms with Gasteiger partial charge in [-0.3, -0.25) is 4.79 Å². The van der Waals surface area contributed by atoms with Crippen molar-refractivity contribution in [2.45, 2.75) is 38.6 Å². The van der Waals surface area contributed by atoms with Crippen LogP contribution in [-0.2, 0) is 9.53 Å². The molecule has 2 aliphatic heterocycles. The van der Waals surface area contributed by atoms with Crippen molar-refractivity contribution in [3.63, 3.8) is 0 Å². The minimum Gasteiger partial charge on any atom is -0.381 e. The zero-order valence-electron chi connectivity index (χ0n) is 13.4. The van der Waals surface area contributed by atoms with Crippen molar-refractivity contribution in [1.82, 2.24) is 5.32 Å². The van der Waals surface area contributed by atoms with Gasteiger partial charge in [0.2, 0.25) is 5.91 Å². The Balaban J connectivity index is 1.62. The smallest absolute Gasteiger partial charge is 0.223 e. The Morgan fingerprint density at radius 2 is 2.00 bits per heavy atom. The van der Waals surface area contributed by atoms with Crippen LogP contribution in [0, 0.1) is 5.92 Å². The Kier molecular flexibility index (Phi) is 4.98. The molecule has 22 heavy (non-hydrogen) atoms. The Hall–Kier alpha value is -1.55. The number of carbonyl (C=O) groups excluding carboxylic acids is 1. The van der Waals surface area contributed by atoms with Crippen molar-refractivity contribution in [2.75, 3.05) is 31.2 Å². The highest BCUT2D eigenvalue weighted by Crippen LogP contribution is 2.24. The Morgan fingerprint density at radius 1 is 1.27 bits per heavy atom. The first-order chi connectivity index (χ1) is 10.7. The number of nitrogens with one attached hydrogen (secondary N) is 1. The van der Waals surface area contributed by atoms with Gasteiger partial charge in [-0.25, -0.2) is 0 Å². The fourth-order valence-corrected chi connectivity index (χ4v) is 3.34. The van der Waals surface area contributed by atoms with Crippen molar-refractivity contribution < 1.29 is 9.53 Å². The molecule has 1 aromatic rings. The van der Waals surface area contributed by atoms with Gasteiger partial charge in [-0.2, -0.15) is 0 Å². The molecule has 0 saturated carbocycles. The van der Waals surface area contributed by atoms with Crippen LogP contribution in [0.25, 0.3) is 0 Å². The number of ether oxygens (including phenoxy) is 1. The third kappa shape index (κ3) is 3.61. The van der Waals surface area contributed by atoms with Crippen LogP contribution in [0.5, 0.6) is 0 Å². The van der Waals surface area contributed by atoms with E-state index in [1.165, 1.54) is 24.1 Å². The maximum Gasteiger partial charge on any atom is 0.223 e. The molecule has 1 amide bonds. The summed E-state index contributed by atoms with van der Waals surface area (Å²) in [4.78, 5) is 14.8. The van der Waals surface area contributed by atoms with Crippen LogP contribution in [0.2, 0.25) is 0 Å². The second kappa shape index (κ2) is 7.14. The van der Waals surface area contributed by atoms with Gasteiger partial charge in [-0.1, -0.05) is 12.1 Å². The number of anilines is 1. The number of amides is 1. The molecule has 1 unspecified atom stereocenters. The predicted molar refractivity (Wildman–Crippen MR) is 88.0 cm³/mol. The second-order valence-corrected chi connectivity index (χ2v) is 6.41. The third-order valence-electron chi connectivity index (χ3n) is 4.79. The van der Waals surface area contributed by atoms with Crippen molar-refractivity contribution in [3.05, 3.63) is 29.8 Å². The van der Waals surface area contributed by atoms with Crippen LogP contribution in [-0.4, -0.2) is 32.2 Å². The lowest BCUT2D eigenvalue weighted by molar-refractivity contribution is -0.128. The molecule has 1 atom stereocenters. The van der Waals surface area contributed by atoms with E-state index in [4.69, 9.17) is 4.74 Å². The largest absolute Gasteiger partial charge is 0.381 e. The van der Waals surface area contributed by atoms with Crippen LogP contribution in [0.4, 0.5) is 5.69 Å². The van der Waals surface area contributed by atoms with Crippen LogP contribution < -0.4 is 10.2 Å². The lowest BCUT2D eigenvalue weighted by atomic mass is 9.98. The lowest BCUT2D eigenvalue weighted by Gasteiger charge is -2.24. The molecule has 2 saturated heterocycles. The molecule has 1 N–H and O–H groups in total. The normalized spacial score (nSPS) is 20.9. The Labute approximate surface area is 132 Å². The summed E-state index contributed by atoms with van der Waals surface area (Å²) in [5.74, 6) is 0.278. The highest BCUT2D eigenvalue weighted by molar-refractivity contribution is 5.79. The average Bonchev–Trinajstić information content (AvgIpc) is 3.10. The molecular weight excluding hydrogens is 276 g/mol. The summed E-state index contributed by atoms with van der Waals surface area (Å²) in [6.07, 6.45) is 4.24. The minimum absolute atomic E-state index is 0.0536. The summed E-state index contributed by atoms with van der Waals surface area (Å²) in [6.45, 7) is 5.77. The van der Waals surface area contributed by atoms with Gasteiger partial charge < -0.3 is 15.0 Å². The van der Waals surface area contributed by atoms with Gasteiger partial charge in [-0.05, 0) is 50.3 Å². The SMILES string of the molecule is CC(NC(=O)C1CCOCC1)c1cccc(N2CCCC2)c1. The van der Waals surface area contributed by atoms with Crippen LogP contribution in [0.3, 0.4) is 0 Å². The van der Waals surface area contributed by atoms with Crippen molar-refractivity contribution >= 4 is 11.6 Å². The fourth-order valence-electron chi connectivity index (χ4n) is 3.34. The zero-order valence-corrected chi connectivity index (χ0v) is 13.4. The fraction of sp³-hybridized carbons (Fsp3) is 0.611.